The van der Waals surface area contributed by atoms with Crippen LogP contribution < -0.4 is 0 Å². The van der Waals surface area contributed by atoms with E-state index >= 15 is 0 Å². The van der Waals surface area contributed by atoms with Crippen molar-refractivity contribution in [2.24, 2.45) is 0 Å². The van der Waals surface area contributed by atoms with Gasteiger partial charge in [-0.15, -0.1) is 0 Å². The number of hydrogen-bond donors (Lipinski definition) is 0. The van der Waals surface area contributed by atoms with Crippen molar-refractivity contribution in [3.05, 3.63) is 60.8 Å². The maximum atomic E-state index is 12.9. The number of rotatable bonds is 65. The number of unbranched alkanes of at least 4 members (excludes halogenated alkanes) is 44. The van der Waals surface area contributed by atoms with E-state index in [1.54, 1.807) is 0 Å². The lowest BCUT2D eigenvalue weighted by Gasteiger charge is -2.18. The van der Waals surface area contributed by atoms with E-state index in [-0.39, 0.29) is 31.1 Å². The third-order valence-corrected chi connectivity index (χ3v) is 15.8. The molecule has 0 aliphatic carbocycles. The summed E-state index contributed by atoms with van der Waals surface area (Å²) in [6.07, 6.45) is 88.5. The molecule has 0 heterocycles. The van der Waals surface area contributed by atoms with E-state index < -0.39 is 6.10 Å². The van der Waals surface area contributed by atoms with Gasteiger partial charge in [-0.3, -0.25) is 14.4 Å². The summed E-state index contributed by atoms with van der Waals surface area (Å²) >= 11 is 0. The minimum absolute atomic E-state index is 0.0797. The Morgan fingerprint density at radius 2 is 0.500 bits per heavy atom. The van der Waals surface area contributed by atoms with Crippen molar-refractivity contribution in [1.29, 1.82) is 0 Å². The molecule has 466 valence electrons. The van der Waals surface area contributed by atoms with E-state index in [2.05, 4.69) is 81.5 Å². The van der Waals surface area contributed by atoms with Gasteiger partial charge in [-0.2, -0.15) is 0 Å². The van der Waals surface area contributed by atoms with Crippen LogP contribution in [-0.4, -0.2) is 37.2 Å². The fourth-order valence-corrected chi connectivity index (χ4v) is 10.5. The lowest BCUT2D eigenvalue weighted by Crippen LogP contribution is -2.30. The third kappa shape index (κ3) is 65.9. The summed E-state index contributed by atoms with van der Waals surface area (Å²) in [4.78, 5) is 38.3. The van der Waals surface area contributed by atoms with Gasteiger partial charge in [0.15, 0.2) is 6.10 Å². The van der Waals surface area contributed by atoms with Crippen LogP contribution >= 0.6 is 0 Å². The van der Waals surface area contributed by atoms with E-state index in [4.69, 9.17) is 14.2 Å². The van der Waals surface area contributed by atoms with Crippen molar-refractivity contribution in [2.45, 2.75) is 380 Å². The van der Waals surface area contributed by atoms with Crippen molar-refractivity contribution in [3.8, 4) is 0 Å². The molecule has 0 aromatic carbocycles. The molecule has 0 N–H and O–H groups in total. The Morgan fingerprint density at radius 3 is 0.812 bits per heavy atom. The highest BCUT2D eigenvalue weighted by atomic mass is 16.6. The summed E-state index contributed by atoms with van der Waals surface area (Å²) in [7, 11) is 0. The van der Waals surface area contributed by atoms with Crippen LogP contribution in [0.25, 0.3) is 0 Å². The minimum Gasteiger partial charge on any atom is -0.462 e. The van der Waals surface area contributed by atoms with Gasteiger partial charge in [0.1, 0.15) is 13.2 Å². The van der Waals surface area contributed by atoms with Crippen LogP contribution in [-0.2, 0) is 28.6 Å². The average molecular weight is 1120 g/mol. The smallest absolute Gasteiger partial charge is 0.306 e. The van der Waals surface area contributed by atoms with Gasteiger partial charge < -0.3 is 14.2 Å². The number of esters is 3. The molecule has 1 atom stereocenters. The van der Waals surface area contributed by atoms with Crippen LogP contribution in [0.2, 0.25) is 0 Å². The number of hydrogen-bond acceptors (Lipinski definition) is 6. The van der Waals surface area contributed by atoms with Crippen LogP contribution in [0.1, 0.15) is 374 Å². The molecule has 0 aromatic heterocycles. The van der Waals surface area contributed by atoms with Crippen LogP contribution in [0.3, 0.4) is 0 Å². The van der Waals surface area contributed by atoms with Crippen LogP contribution in [0.5, 0.6) is 0 Å². The van der Waals surface area contributed by atoms with Gasteiger partial charge in [-0.05, 0) is 77.0 Å². The molecular weight excluding hydrogens is 985 g/mol. The molecule has 1 unspecified atom stereocenters. The molecule has 0 spiro atoms. The summed E-state index contributed by atoms with van der Waals surface area (Å²) in [6, 6.07) is 0. The second-order valence-electron chi connectivity index (χ2n) is 23.8. The lowest BCUT2D eigenvalue weighted by molar-refractivity contribution is -0.167. The quantitative estimate of drug-likeness (QED) is 0.0261. The maximum Gasteiger partial charge on any atom is 0.306 e. The monoisotopic (exact) mass is 1120 g/mol. The number of carbonyl (C=O) groups is 3. The van der Waals surface area contributed by atoms with Gasteiger partial charge in [-0.25, -0.2) is 0 Å². The summed E-state index contributed by atoms with van der Waals surface area (Å²) in [5, 5.41) is 0. The zero-order valence-corrected chi connectivity index (χ0v) is 53.6. The first-order chi connectivity index (χ1) is 39.5. The molecule has 0 aliphatic rings. The SMILES string of the molecule is CC/C=C\C/C=C\C/C=C\C/C=C\CCCCCCCCC(=O)OC(COC(=O)CCCCCCC/C=C\CCCC)COC(=O)CCCCCCCCCCCCCCCCCCCCCCCCCCCCCCCCCC. The van der Waals surface area contributed by atoms with Gasteiger partial charge in [0.05, 0.1) is 0 Å². The second-order valence-corrected chi connectivity index (χ2v) is 23.8. The first kappa shape index (κ1) is 77.1. The normalized spacial score (nSPS) is 12.4. The molecule has 6 nitrogen and oxygen atoms in total. The Labute approximate surface area is 498 Å². The van der Waals surface area contributed by atoms with Crippen molar-refractivity contribution in [1.82, 2.24) is 0 Å². The Bertz CT molecular complexity index is 1430. The summed E-state index contributed by atoms with van der Waals surface area (Å²) in [5.41, 5.74) is 0. The van der Waals surface area contributed by atoms with Crippen LogP contribution in [0.15, 0.2) is 60.8 Å². The van der Waals surface area contributed by atoms with Crippen molar-refractivity contribution in [2.75, 3.05) is 13.2 Å². The zero-order chi connectivity index (χ0) is 57.8. The number of allylic oxidation sites excluding steroid dienone is 10. The Balaban J connectivity index is 4.11. The first-order valence-electron chi connectivity index (χ1n) is 35.3. The number of carbonyl (C=O) groups excluding carboxylic acids is 3. The first-order valence-corrected chi connectivity index (χ1v) is 35.3. The molecule has 0 aromatic rings. The molecule has 0 amide bonds. The molecule has 0 aliphatic heterocycles. The fraction of sp³-hybridized carbons (Fsp3) is 0.824. The van der Waals surface area contributed by atoms with E-state index in [0.29, 0.717) is 19.3 Å². The van der Waals surface area contributed by atoms with Gasteiger partial charge in [0, 0.05) is 19.3 Å². The van der Waals surface area contributed by atoms with Gasteiger partial charge in [0.2, 0.25) is 0 Å². The predicted molar refractivity (Wildman–Crippen MR) is 348 cm³/mol. The van der Waals surface area contributed by atoms with E-state index in [1.165, 1.54) is 231 Å². The van der Waals surface area contributed by atoms with E-state index in [1.807, 2.05) is 0 Å². The molecule has 0 saturated carbocycles. The Kier molecular flexibility index (Phi) is 66.1. The third-order valence-electron chi connectivity index (χ3n) is 15.8. The molecular formula is C74H134O6. The van der Waals surface area contributed by atoms with Gasteiger partial charge in [0.25, 0.3) is 0 Å². The highest BCUT2D eigenvalue weighted by Gasteiger charge is 2.19. The summed E-state index contributed by atoms with van der Waals surface area (Å²) in [6.45, 7) is 6.52. The molecule has 0 saturated heterocycles. The van der Waals surface area contributed by atoms with Crippen molar-refractivity contribution < 1.29 is 28.6 Å². The number of ether oxygens (including phenoxy) is 3. The topological polar surface area (TPSA) is 78.9 Å². The lowest BCUT2D eigenvalue weighted by atomic mass is 10.0. The zero-order valence-electron chi connectivity index (χ0n) is 53.6. The van der Waals surface area contributed by atoms with Crippen LogP contribution in [0, 0.1) is 0 Å². The second kappa shape index (κ2) is 68.6. The fourth-order valence-electron chi connectivity index (χ4n) is 10.5. The summed E-state index contributed by atoms with van der Waals surface area (Å²) in [5.74, 6) is -0.885. The largest absolute Gasteiger partial charge is 0.462 e. The van der Waals surface area contributed by atoms with Gasteiger partial charge >= 0.3 is 17.9 Å². The molecule has 6 heteroatoms. The van der Waals surface area contributed by atoms with Crippen LogP contribution in [0.4, 0.5) is 0 Å². The Morgan fingerprint density at radius 1 is 0.263 bits per heavy atom. The molecule has 0 bridgehead atoms. The Hall–Kier alpha value is -2.89. The predicted octanol–water partition coefficient (Wildman–Crippen LogP) is 24.3. The highest BCUT2D eigenvalue weighted by Crippen LogP contribution is 2.18. The average Bonchev–Trinajstić information content (AvgIpc) is 3.46. The molecule has 80 heavy (non-hydrogen) atoms. The standard InChI is InChI=1S/C74H134O6/c1-4-7-10-13-16-19-22-24-26-28-30-31-32-33-34-35-36-37-38-39-40-41-42-44-45-47-49-52-55-58-61-64-67-73(76)79-70-71(69-78-72(75)66-63-60-57-54-51-21-18-15-12-9-6-3)80-74(77)68-65-62-59-56-53-50-48-46-43-29-27-25-23-20-17-14-11-8-5-2/h8,11,15,17-18,20,25,27,43,46,71H,4-7,9-10,12-14,16,19,21-24,26,28-42,44-45,47-70H2,1-3H3/b11-8-,18-15-,20-17-,27-25-,46-43-. The maximum absolute atomic E-state index is 12.9. The van der Waals surface area contributed by atoms with Gasteiger partial charge in [-0.1, -0.05) is 338 Å². The molecule has 0 rings (SSSR count). The highest BCUT2D eigenvalue weighted by molar-refractivity contribution is 5.71. The van der Waals surface area contributed by atoms with Crippen molar-refractivity contribution in [3.63, 3.8) is 0 Å². The molecule has 0 fully saturated rings. The molecule has 0 radical (unpaired) electrons. The minimum atomic E-state index is -0.785. The van der Waals surface area contributed by atoms with E-state index in [9.17, 15) is 14.4 Å². The van der Waals surface area contributed by atoms with E-state index in [0.717, 1.165) is 103 Å². The summed E-state index contributed by atoms with van der Waals surface area (Å²) < 4.78 is 16.9. The van der Waals surface area contributed by atoms with Crippen molar-refractivity contribution >= 4 is 17.9 Å².